The summed E-state index contributed by atoms with van der Waals surface area (Å²) in [7, 11) is 4.51. The molecule has 0 atom stereocenters. The average molecular weight is 440 g/mol. The van der Waals surface area contributed by atoms with Gasteiger partial charge in [0.2, 0.25) is 0 Å². The summed E-state index contributed by atoms with van der Waals surface area (Å²) in [5, 5.41) is 10.3. The number of anilines is 1. The van der Waals surface area contributed by atoms with Crippen LogP contribution in [0.4, 0.5) is 10.1 Å². The second kappa shape index (κ2) is 13.7. The number of aliphatic hydroxyl groups is 1. The molecule has 6 nitrogen and oxygen atoms in total. The summed E-state index contributed by atoms with van der Waals surface area (Å²) in [6.07, 6.45) is 0.855. The number of hydrogen-bond donors (Lipinski definition) is 2. The molecule has 1 heterocycles. The molecule has 0 unspecified atom stereocenters. The molecule has 32 heavy (non-hydrogen) atoms. The fourth-order valence-electron chi connectivity index (χ4n) is 2.88. The zero-order valence-corrected chi connectivity index (χ0v) is 18.5. The Morgan fingerprint density at radius 2 is 1.56 bits per heavy atom. The summed E-state index contributed by atoms with van der Waals surface area (Å²) < 4.78 is 11.9. The molecule has 3 aromatic rings. The molecule has 4 rings (SSSR count). The summed E-state index contributed by atoms with van der Waals surface area (Å²) in [4.78, 5) is 18.0. The molecule has 4 N–H and O–H groups in total. The maximum atomic E-state index is 11.9. The third-order valence-electron chi connectivity index (χ3n) is 4.45. The first-order valence-corrected chi connectivity index (χ1v) is 9.87. The molecule has 1 aliphatic rings. The van der Waals surface area contributed by atoms with E-state index >= 15 is 0 Å². The van der Waals surface area contributed by atoms with Crippen molar-refractivity contribution >= 4 is 17.4 Å². The summed E-state index contributed by atoms with van der Waals surface area (Å²) in [5.41, 5.74) is 4.23. The number of para-hydroxylation sites is 1. The lowest BCUT2D eigenvalue weighted by Crippen LogP contribution is -2.21. The van der Waals surface area contributed by atoms with Gasteiger partial charge in [-0.15, -0.1) is 0 Å². The summed E-state index contributed by atoms with van der Waals surface area (Å²) in [6, 6.07) is 23.8. The molecule has 3 aromatic carbocycles. The number of nitrogens with zero attached hydrogens (tertiary/aromatic N) is 2. The third-order valence-corrected chi connectivity index (χ3v) is 4.45. The van der Waals surface area contributed by atoms with Crippen molar-refractivity contribution in [2.45, 2.75) is 13.0 Å². The van der Waals surface area contributed by atoms with Gasteiger partial charge in [-0.1, -0.05) is 48.5 Å². The molecule has 170 valence electrons. The fraction of sp³-hybridized carbons (Fsp3) is 0.200. The van der Waals surface area contributed by atoms with Crippen LogP contribution >= 0.6 is 0 Å². The van der Waals surface area contributed by atoms with Crippen molar-refractivity contribution in [2.75, 3.05) is 26.5 Å². The first-order valence-electron chi connectivity index (χ1n) is 9.87. The van der Waals surface area contributed by atoms with Gasteiger partial charge in [0.05, 0.1) is 6.54 Å². The van der Waals surface area contributed by atoms with E-state index in [9.17, 15) is 9.18 Å². The SMILES string of the molecule is CN(C)C(=O)c1ccc(CN=C2Cc3ccccc3N2)cc1.CO.Fc1ccccc1.O. The van der Waals surface area contributed by atoms with Crippen molar-refractivity contribution < 1.29 is 19.8 Å². The van der Waals surface area contributed by atoms with E-state index in [0.29, 0.717) is 12.1 Å². The molecule has 1 aliphatic heterocycles. The third kappa shape index (κ3) is 7.94. The topological polar surface area (TPSA) is 96.4 Å². The lowest BCUT2D eigenvalue weighted by atomic mass is 10.1. The van der Waals surface area contributed by atoms with Crippen molar-refractivity contribution in [3.63, 3.8) is 0 Å². The number of rotatable bonds is 3. The fourth-order valence-corrected chi connectivity index (χ4v) is 2.88. The minimum absolute atomic E-state index is 0. The van der Waals surface area contributed by atoms with Gasteiger partial charge in [0.15, 0.2) is 0 Å². The Balaban J connectivity index is 0.000000434. The zero-order valence-electron chi connectivity index (χ0n) is 18.5. The van der Waals surface area contributed by atoms with Gasteiger partial charge in [-0.2, -0.15) is 0 Å². The van der Waals surface area contributed by atoms with E-state index in [4.69, 9.17) is 5.11 Å². The van der Waals surface area contributed by atoms with Crippen LogP contribution in [0, 0.1) is 5.82 Å². The Bertz CT molecular complexity index is 964. The normalized spacial score (nSPS) is 12.1. The van der Waals surface area contributed by atoms with E-state index in [1.807, 2.05) is 36.4 Å². The van der Waals surface area contributed by atoms with Crippen molar-refractivity contribution in [2.24, 2.45) is 4.99 Å². The predicted octanol–water partition coefficient (Wildman–Crippen LogP) is 3.56. The van der Waals surface area contributed by atoms with E-state index < -0.39 is 0 Å². The van der Waals surface area contributed by atoms with Crippen LogP contribution in [0.25, 0.3) is 0 Å². The Hall–Kier alpha value is -3.55. The Kier molecular flexibility index (Phi) is 11.3. The number of amides is 1. The first kappa shape index (κ1) is 26.5. The molecule has 0 spiro atoms. The van der Waals surface area contributed by atoms with Gasteiger partial charge in [-0.3, -0.25) is 9.79 Å². The van der Waals surface area contributed by atoms with Gasteiger partial charge < -0.3 is 20.8 Å². The lowest BCUT2D eigenvalue weighted by molar-refractivity contribution is 0.0827. The van der Waals surface area contributed by atoms with Crippen LogP contribution in [0.15, 0.2) is 83.9 Å². The minimum Gasteiger partial charge on any atom is -0.412 e. The summed E-state index contributed by atoms with van der Waals surface area (Å²) in [6.45, 7) is 0.618. The maximum absolute atomic E-state index is 11.9. The largest absolute Gasteiger partial charge is 0.412 e. The second-order valence-electron chi connectivity index (χ2n) is 6.91. The van der Waals surface area contributed by atoms with E-state index in [1.54, 1.807) is 37.2 Å². The number of aliphatic imine (C=N–C) groups is 1. The Morgan fingerprint density at radius 3 is 2.09 bits per heavy atom. The number of carbonyl (C=O) groups is 1. The molecule has 7 heteroatoms. The molecule has 0 bridgehead atoms. The minimum atomic E-state index is -0.178. The number of hydrogen-bond acceptors (Lipinski definition) is 3. The first-order chi connectivity index (χ1) is 15.0. The van der Waals surface area contributed by atoms with Crippen LogP contribution in [0.2, 0.25) is 0 Å². The summed E-state index contributed by atoms with van der Waals surface area (Å²) in [5.74, 6) is 0.836. The van der Waals surface area contributed by atoms with Gasteiger partial charge in [0.25, 0.3) is 5.91 Å². The smallest absolute Gasteiger partial charge is 0.253 e. The van der Waals surface area contributed by atoms with Crippen LogP contribution < -0.4 is 5.32 Å². The molecule has 0 fully saturated rings. The molecule has 0 aliphatic carbocycles. The number of amidine groups is 1. The molecule has 0 saturated carbocycles. The van der Waals surface area contributed by atoms with Crippen LogP contribution in [0.5, 0.6) is 0 Å². The maximum Gasteiger partial charge on any atom is 0.253 e. The number of aliphatic hydroxyl groups excluding tert-OH is 1. The lowest BCUT2D eigenvalue weighted by Gasteiger charge is -2.10. The standard InChI is InChI=1S/C18H19N3O.C6H5F.CH4O.H2O/c1-21(2)18(22)14-9-7-13(8-10-14)12-19-17-11-15-5-3-4-6-16(15)20-17;7-6-4-2-1-3-5-6;1-2;/h3-10H,11-12H2,1-2H3,(H,19,20);1-5H;2H,1H3;1H2. The number of nitrogens with one attached hydrogen (secondary N) is 1. The van der Waals surface area contributed by atoms with Crippen LogP contribution in [-0.2, 0) is 13.0 Å². The highest BCUT2D eigenvalue weighted by atomic mass is 19.1. The quantitative estimate of drug-likeness (QED) is 0.653. The van der Waals surface area contributed by atoms with Gasteiger partial charge in [-0.05, 0) is 41.5 Å². The molecule has 0 aromatic heterocycles. The van der Waals surface area contributed by atoms with E-state index in [2.05, 4.69) is 22.4 Å². The average Bonchev–Trinajstić information content (AvgIpc) is 3.23. The van der Waals surface area contributed by atoms with Crippen molar-refractivity contribution in [1.82, 2.24) is 4.90 Å². The van der Waals surface area contributed by atoms with Crippen molar-refractivity contribution in [3.05, 3.63) is 101 Å². The zero-order chi connectivity index (χ0) is 22.6. The highest BCUT2D eigenvalue weighted by Gasteiger charge is 2.14. The van der Waals surface area contributed by atoms with E-state index in [-0.39, 0.29) is 17.2 Å². The molecule has 0 saturated heterocycles. The van der Waals surface area contributed by atoms with E-state index in [1.165, 1.54) is 17.7 Å². The van der Waals surface area contributed by atoms with Crippen LogP contribution in [0.3, 0.4) is 0 Å². The van der Waals surface area contributed by atoms with Gasteiger partial charge in [-0.25, -0.2) is 4.39 Å². The van der Waals surface area contributed by atoms with Crippen molar-refractivity contribution in [1.29, 1.82) is 0 Å². The van der Waals surface area contributed by atoms with Gasteiger partial charge in [0.1, 0.15) is 11.7 Å². The van der Waals surface area contributed by atoms with Crippen molar-refractivity contribution in [3.8, 4) is 0 Å². The van der Waals surface area contributed by atoms with Gasteiger partial charge in [0, 0.05) is 38.9 Å². The highest BCUT2D eigenvalue weighted by molar-refractivity contribution is 6.02. The Labute approximate surface area is 188 Å². The predicted molar refractivity (Wildman–Crippen MR) is 128 cm³/mol. The monoisotopic (exact) mass is 439 g/mol. The molecule has 1 amide bonds. The number of carbonyl (C=O) groups excluding carboxylic acids is 1. The Morgan fingerprint density at radius 1 is 0.969 bits per heavy atom. The highest BCUT2D eigenvalue weighted by Crippen LogP contribution is 2.22. The second-order valence-corrected chi connectivity index (χ2v) is 6.91. The molecule has 0 radical (unpaired) electrons. The molecular formula is C25H30FN3O3. The summed E-state index contributed by atoms with van der Waals surface area (Å²) >= 11 is 0. The van der Waals surface area contributed by atoms with Gasteiger partial charge >= 0.3 is 0 Å². The van der Waals surface area contributed by atoms with Crippen LogP contribution in [-0.4, -0.2) is 48.4 Å². The number of benzene rings is 3. The number of halogens is 1. The van der Waals surface area contributed by atoms with E-state index in [0.717, 1.165) is 30.6 Å². The molecular weight excluding hydrogens is 409 g/mol. The number of fused-ring (bicyclic) bond motifs is 1. The van der Waals surface area contributed by atoms with Crippen LogP contribution in [0.1, 0.15) is 21.5 Å².